The Bertz CT molecular complexity index is 208. The summed E-state index contributed by atoms with van der Waals surface area (Å²) < 4.78 is 0. The van der Waals surface area contributed by atoms with Crippen LogP contribution >= 0.6 is 0 Å². The van der Waals surface area contributed by atoms with Gasteiger partial charge < -0.3 is 10.4 Å². The monoisotopic (exact) mass is 226 g/mol. The zero-order chi connectivity index (χ0) is 11.5. The Morgan fingerprint density at radius 1 is 1.31 bits per heavy atom. The van der Waals surface area contributed by atoms with Crippen molar-refractivity contribution in [3.8, 4) is 0 Å². The van der Waals surface area contributed by atoms with Gasteiger partial charge in [-0.1, -0.05) is 6.92 Å². The van der Waals surface area contributed by atoms with Gasteiger partial charge in [0.1, 0.15) is 0 Å². The summed E-state index contributed by atoms with van der Waals surface area (Å²) in [5.41, 5.74) is 0. The summed E-state index contributed by atoms with van der Waals surface area (Å²) in [6.45, 7) is 6.11. The third-order valence-corrected chi connectivity index (χ3v) is 3.97. The first kappa shape index (κ1) is 12.3. The standard InChI is InChI=1S/C13H26N2O/c1-3-6-15(9-10(2)16)13-7-11-4-5-12(8-13)14-11/h10-14,16H,3-9H2,1-2H3. The second kappa shape index (κ2) is 5.48. The molecule has 2 N–H and O–H groups in total. The lowest BCUT2D eigenvalue weighted by Crippen LogP contribution is -2.50. The first-order chi connectivity index (χ1) is 7.69. The van der Waals surface area contributed by atoms with Crippen LogP contribution in [0.15, 0.2) is 0 Å². The number of aliphatic hydroxyl groups is 1. The summed E-state index contributed by atoms with van der Waals surface area (Å²) in [7, 11) is 0. The highest BCUT2D eigenvalue weighted by atomic mass is 16.3. The molecule has 3 atom stereocenters. The van der Waals surface area contributed by atoms with Gasteiger partial charge in [0.05, 0.1) is 6.10 Å². The third-order valence-electron chi connectivity index (χ3n) is 3.97. The second-order valence-corrected chi connectivity index (χ2v) is 5.61. The first-order valence-electron chi connectivity index (χ1n) is 6.87. The van der Waals surface area contributed by atoms with Gasteiger partial charge in [0, 0.05) is 24.7 Å². The van der Waals surface area contributed by atoms with Gasteiger partial charge in [-0.2, -0.15) is 0 Å². The molecule has 3 heteroatoms. The molecule has 0 aromatic carbocycles. The first-order valence-corrected chi connectivity index (χ1v) is 6.87. The maximum atomic E-state index is 9.57. The van der Waals surface area contributed by atoms with E-state index in [1.165, 1.54) is 32.1 Å². The third kappa shape index (κ3) is 2.96. The number of hydrogen-bond acceptors (Lipinski definition) is 3. The average Bonchev–Trinajstić information content (AvgIpc) is 2.56. The van der Waals surface area contributed by atoms with Crippen molar-refractivity contribution in [2.75, 3.05) is 13.1 Å². The molecule has 94 valence electrons. The van der Waals surface area contributed by atoms with Gasteiger partial charge in [0.25, 0.3) is 0 Å². The lowest BCUT2D eigenvalue weighted by atomic mass is 9.97. The summed E-state index contributed by atoms with van der Waals surface area (Å²) in [5.74, 6) is 0. The van der Waals surface area contributed by atoms with E-state index in [-0.39, 0.29) is 6.10 Å². The smallest absolute Gasteiger partial charge is 0.0639 e. The van der Waals surface area contributed by atoms with Crippen LogP contribution in [-0.4, -0.2) is 47.3 Å². The molecular weight excluding hydrogens is 200 g/mol. The highest BCUT2D eigenvalue weighted by Crippen LogP contribution is 2.29. The minimum atomic E-state index is -0.195. The van der Waals surface area contributed by atoms with E-state index in [1.807, 2.05) is 6.92 Å². The highest BCUT2D eigenvalue weighted by Gasteiger charge is 2.35. The minimum absolute atomic E-state index is 0.195. The number of hydrogen-bond donors (Lipinski definition) is 2. The van der Waals surface area contributed by atoms with Crippen LogP contribution in [0.4, 0.5) is 0 Å². The highest BCUT2D eigenvalue weighted by molar-refractivity contribution is 4.95. The molecule has 16 heavy (non-hydrogen) atoms. The van der Waals surface area contributed by atoms with Crippen molar-refractivity contribution in [2.24, 2.45) is 0 Å². The van der Waals surface area contributed by atoms with Crippen LogP contribution in [0.3, 0.4) is 0 Å². The van der Waals surface area contributed by atoms with Crippen LogP contribution in [0, 0.1) is 0 Å². The summed E-state index contributed by atoms with van der Waals surface area (Å²) in [6, 6.07) is 2.20. The van der Waals surface area contributed by atoms with Gasteiger partial charge >= 0.3 is 0 Å². The fourth-order valence-electron chi connectivity index (χ4n) is 3.37. The van der Waals surface area contributed by atoms with Crippen molar-refractivity contribution >= 4 is 0 Å². The van der Waals surface area contributed by atoms with Gasteiger partial charge in [-0.05, 0) is 45.6 Å². The molecule has 0 aliphatic carbocycles. The van der Waals surface area contributed by atoms with Crippen LogP contribution in [0.2, 0.25) is 0 Å². The van der Waals surface area contributed by atoms with Crippen molar-refractivity contribution in [3.05, 3.63) is 0 Å². The Morgan fingerprint density at radius 2 is 1.94 bits per heavy atom. The molecule has 2 heterocycles. The Labute approximate surface area is 99.2 Å². The molecule has 2 saturated heterocycles. The Hall–Kier alpha value is -0.120. The van der Waals surface area contributed by atoms with Crippen molar-refractivity contribution in [1.29, 1.82) is 0 Å². The average molecular weight is 226 g/mol. The number of piperidine rings is 1. The van der Waals surface area contributed by atoms with Crippen LogP contribution in [-0.2, 0) is 0 Å². The lowest BCUT2D eigenvalue weighted by molar-refractivity contribution is 0.0765. The van der Waals surface area contributed by atoms with E-state index in [0.717, 1.165) is 25.2 Å². The molecule has 3 nitrogen and oxygen atoms in total. The summed E-state index contributed by atoms with van der Waals surface area (Å²) in [6.07, 6.45) is 6.27. The van der Waals surface area contributed by atoms with Crippen LogP contribution in [0.25, 0.3) is 0 Å². The molecule has 2 fully saturated rings. The van der Waals surface area contributed by atoms with Crippen molar-refractivity contribution in [2.45, 2.75) is 70.2 Å². The number of nitrogens with one attached hydrogen (secondary N) is 1. The quantitative estimate of drug-likeness (QED) is 0.743. The molecule has 0 aromatic heterocycles. The van der Waals surface area contributed by atoms with E-state index in [0.29, 0.717) is 6.04 Å². The van der Waals surface area contributed by atoms with Crippen LogP contribution < -0.4 is 5.32 Å². The van der Waals surface area contributed by atoms with Gasteiger partial charge in [0.15, 0.2) is 0 Å². The fraction of sp³-hybridized carbons (Fsp3) is 1.00. The van der Waals surface area contributed by atoms with Crippen molar-refractivity contribution in [1.82, 2.24) is 10.2 Å². The van der Waals surface area contributed by atoms with Crippen LogP contribution in [0.1, 0.15) is 46.0 Å². The second-order valence-electron chi connectivity index (χ2n) is 5.61. The molecular formula is C13H26N2O. The molecule has 2 aliphatic rings. The molecule has 0 aromatic rings. The maximum absolute atomic E-state index is 9.57. The largest absolute Gasteiger partial charge is 0.392 e. The number of rotatable bonds is 5. The van der Waals surface area contributed by atoms with Crippen LogP contribution in [0.5, 0.6) is 0 Å². The predicted octanol–water partition coefficient (Wildman–Crippen LogP) is 1.36. The Kier molecular flexibility index (Phi) is 4.22. The van der Waals surface area contributed by atoms with Gasteiger partial charge in [0.2, 0.25) is 0 Å². The summed E-state index contributed by atoms with van der Waals surface area (Å²) >= 11 is 0. The van der Waals surface area contributed by atoms with E-state index in [2.05, 4.69) is 17.1 Å². The van der Waals surface area contributed by atoms with E-state index in [1.54, 1.807) is 0 Å². The molecule has 0 spiro atoms. The maximum Gasteiger partial charge on any atom is 0.0639 e. The fourth-order valence-corrected chi connectivity index (χ4v) is 3.37. The Balaban J connectivity index is 1.91. The minimum Gasteiger partial charge on any atom is -0.392 e. The topological polar surface area (TPSA) is 35.5 Å². The predicted molar refractivity (Wildman–Crippen MR) is 66.5 cm³/mol. The normalized spacial score (nSPS) is 35.6. The van der Waals surface area contributed by atoms with E-state index < -0.39 is 0 Å². The summed E-state index contributed by atoms with van der Waals surface area (Å²) in [4.78, 5) is 2.51. The van der Waals surface area contributed by atoms with Gasteiger partial charge in [-0.15, -0.1) is 0 Å². The van der Waals surface area contributed by atoms with Crippen molar-refractivity contribution < 1.29 is 5.11 Å². The van der Waals surface area contributed by atoms with E-state index in [4.69, 9.17) is 0 Å². The number of nitrogens with zero attached hydrogens (tertiary/aromatic N) is 1. The summed E-state index contributed by atoms with van der Waals surface area (Å²) in [5, 5.41) is 13.3. The molecule has 2 aliphatic heterocycles. The zero-order valence-corrected chi connectivity index (χ0v) is 10.7. The molecule has 0 radical (unpaired) electrons. The van der Waals surface area contributed by atoms with Gasteiger partial charge in [-0.3, -0.25) is 4.90 Å². The van der Waals surface area contributed by atoms with E-state index in [9.17, 15) is 5.11 Å². The van der Waals surface area contributed by atoms with Gasteiger partial charge in [-0.25, -0.2) is 0 Å². The zero-order valence-electron chi connectivity index (χ0n) is 10.7. The number of aliphatic hydroxyl groups excluding tert-OH is 1. The van der Waals surface area contributed by atoms with E-state index >= 15 is 0 Å². The molecule has 0 amide bonds. The molecule has 3 unspecified atom stereocenters. The Morgan fingerprint density at radius 3 is 2.44 bits per heavy atom. The molecule has 2 bridgehead atoms. The SMILES string of the molecule is CCCN(CC(C)O)C1CC2CCC(C1)N2. The van der Waals surface area contributed by atoms with Crippen molar-refractivity contribution in [3.63, 3.8) is 0 Å². The lowest BCUT2D eigenvalue weighted by Gasteiger charge is -2.38. The number of fused-ring (bicyclic) bond motifs is 2. The molecule has 0 saturated carbocycles. The molecule has 2 rings (SSSR count).